The number of nitrogens with one attached hydrogen (secondary N) is 1. The molecule has 0 bridgehead atoms. The van der Waals surface area contributed by atoms with Gasteiger partial charge in [-0.3, -0.25) is 9.69 Å². The Kier molecular flexibility index (Phi) is 6.89. The lowest BCUT2D eigenvalue weighted by Gasteiger charge is -2.26. The van der Waals surface area contributed by atoms with Gasteiger partial charge in [0.15, 0.2) is 0 Å². The lowest BCUT2D eigenvalue weighted by Crippen LogP contribution is -2.35. The van der Waals surface area contributed by atoms with Crippen LogP contribution >= 0.6 is 11.6 Å². The fraction of sp³-hybridized carbons (Fsp3) is 0.350. The highest BCUT2D eigenvalue weighted by Crippen LogP contribution is 2.22. The van der Waals surface area contributed by atoms with Gasteiger partial charge in [-0.2, -0.15) is 0 Å². The predicted molar refractivity (Wildman–Crippen MR) is 102 cm³/mol. The van der Waals surface area contributed by atoms with Crippen molar-refractivity contribution >= 4 is 17.5 Å². The molecule has 0 radical (unpaired) electrons. The van der Waals surface area contributed by atoms with Gasteiger partial charge in [-0.1, -0.05) is 35.9 Å². The molecule has 1 fully saturated rings. The maximum Gasteiger partial charge on any atom is 0.251 e. The van der Waals surface area contributed by atoms with Crippen LogP contribution < -0.4 is 10.1 Å². The van der Waals surface area contributed by atoms with E-state index in [4.69, 9.17) is 21.1 Å². The summed E-state index contributed by atoms with van der Waals surface area (Å²) in [5, 5.41) is 3.44. The van der Waals surface area contributed by atoms with Crippen molar-refractivity contribution in [3.05, 3.63) is 64.7 Å². The van der Waals surface area contributed by atoms with Gasteiger partial charge in [-0.15, -0.1) is 0 Å². The number of rotatable bonds is 7. The van der Waals surface area contributed by atoms with E-state index >= 15 is 0 Å². The van der Waals surface area contributed by atoms with Gasteiger partial charge in [0.05, 0.1) is 24.8 Å². The number of hydrogen-bond donors (Lipinski definition) is 1. The van der Waals surface area contributed by atoms with Crippen molar-refractivity contribution in [2.75, 3.05) is 39.5 Å². The number of hydrogen-bond acceptors (Lipinski definition) is 4. The first-order valence-electron chi connectivity index (χ1n) is 8.77. The number of benzene rings is 2. The number of ether oxygens (including phenoxy) is 2. The van der Waals surface area contributed by atoms with E-state index in [1.54, 1.807) is 12.1 Å². The quantitative estimate of drug-likeness (QED) is 0.757. The van der Waals surface area contributed by atoms with Crippen molar-refractivity contribution in [2.45, 2.75) is 6.54 Å². The summed E-state index contributed by atoms with van der Waals surface area (Å²) in [7, 11) is 0. The molecule has 138 valence electrons. The van der Waals surface area contributed by atoms with E-state index in [1.165, 1.54) is 0 Å². The number of morpholine rings is 1. The van der Waals surface area contributed by atoms with E-state index in [9.17, 15) is 4.79 Å². The summed E-state index contributed by atoms with van der Waals surface area (Å²) in [6.45, 7) is 5.00. The lowest BCUT2D eigenvalue weighted by atomic mass is 10.1. The zero-order valence-electron chi connectivity index (χ0n) is 14.6. The van der Waals surface area contributed by atoms with Crippen molar-refractivity contribution < 1.29 is 14.3 Å². The molecule has 2 aromatic carbocycles. The van der Waals surface area contributed by atoms with Gasteiger partial charge in [0.25, 0.3) is 5.91 Å². The molecular weight excluding hydrogens is 352 g/mol. The van der Waals surface area contributed by atoms with Gasteiger partial charge < -0.3 is 14.8 Å². The average molecular weight is 375 g/mol. The van der Waals surface area contributed by atoms with Gasteiger partial charge in [0.2, 0.25) is 0 Å². The molecular formula is C20H23ClN2O3. The lowest BCUT2D eigenvalue weighted by molar-refractivity contribution is 0.0342. The Morgan fingerprint density at radius 1 is 1.15 bits per heavy atom. The summed E-state index contributed by atoms with van der Waals surface area (Å²) < 4.78 is 10.9. The Bertz CT molecular complexity index is 733. The largest absolute Gasteiger partial charge is 0.490 e. The maximum absolute atomic E-state index is 12.3. The second-order valence-electron chi connectivity index (χ2n) is 6.12. The predicted octanol–water partition coefficient (Wildman–Crippen LogP) is 2.98. The summed E-state index contributed by atoms with van der Waals surface area (Å²) >= 11 is 6.03. The monoisotopic (exact) mass is 374 g/mol. The van der Waals surface area contributed by atoms with E-state index < -0.39 is 0 Å². The minimum Gasteiger partial charge on any atom is -0.490 e. The number of carbonyl (C=O) groups is 1. The minimum absolute atomic E-state index is 0.100. The highest BCUT2D eigenvalue weighted by atomic mass is 35.5. The Balaban J connectivity index is 1.46. The standard InChI is InChI=1S/C20H23ClN2O3/c21-18-6-1-2-7-19(18)26-11-8-22-20(24)17-5-3-4-16(14-17)15-23-9-12-25-13-10-23/h1-7,14H,8-13,15H2,(H,22,24). The van der Waals surface area contributed by atoms with Crippen molar-refractivity contribution in [1.29, 1.82) is 0 Å². The number of para-hydroxylation sites is 1. The fourth-order valence-corrected chi connectivity index (χ4v) is 3.01. The second-order valence-corrected chi connectivity index (χ2v) is 6.53. The van der Waals surface area contributed by atoms with E-state index in [0.717, 1.165) is 38.4 Å². The van der Waals surface area contributed by atoms with Crippen molar-refractivity contribution in [1.82, 2.24) is 10.2 Å². The summed E-state index contributed by atoms with van der Waals surface area (Å²) in [4.78, 5) is 14.7. The van der Waals surface area contributed by atoms with Gasteiger partial charge in [0.1, 0.15) is 12.4 Å². The zero-order chi connectivity index (χ0) is 18.2. The third kappa shape index (κ3) is 5.46. The molecule has 26 heavy (non-hydrogen) atoms. The first-order chi connectivity index (χ1) is 12.7. The van der Waals surface area contributed by atoms with Crippen molar-refractivity contribution in [3.63, 3.8) is 0 Å². The van der Waals surface area contributed by atoms with E-state index in [0.29, 0.717) is 29.5 Å². The highest BCUT2D eigenvalue weighted by Gasteiger charge is 2.12. The Labute approximate surface area is 158 Å². The van der Waals surface area contributed by atoms with Crippen LogP contribution in [0.5, 0.6) is 5.75 Å². The molecule has 1 aliphatic rings. The van der Waals surface area contributed by atoms with Crippen LogP contribution in [0.4, 0.5) is 0 Å². The maximum atomic E-state index is 12.3. The first kappa shape index (κ1) is 18.7. The van der Waals surface area contributed by atoms with E-state index in [1.807, 2.05) is 36.4 Å². The molecule has 0 aliphatic carbocycles. The van der Waals surface area contributed by atoms with Crippen LogP contribution in [-0.4, -0.2) is 50.3 Å². The molecule has 3 rings (SSSR count). The summed E-state index contributed by atoms with van der Waals surface area (Å²) in [5.74, 6) is 0.521. The van der Waals surface area contributed by atoms with Gasteiger partial charge in [-0.05, 0) is 29.8 Å². The van der Waals surface area contributed by atoms with Gasteiger partial charge >= 0.3 is 0 Å². The first-order valence-corrected chi connectivity index (χ1v) is 9.15. The van der Waals surface area contributed by atoms with Crippen LogP contribution in [-0.2, 0) is 11.3 Å². The van der Waals surface area contributed by atoms with Crippen LogP contribution in [0.2, 0.25) is 5.02 Å². The molecule has 0 atom stereocenters. The third-order valence-electron chi connectivity index (χ3n) is 4.18. The third-order valence-corrected chi connectivity index (χ3v) is 4.49. The normalized spacial score (nSPS) is 14.8. The molecule has 1 aliphatic heterocycles. The molecule has 1 N–H and O–H groups in total. The smallest absolute Gasteiger partial charge is 0.251 e. The molecule has 1 heterocycles. The fourth-order valence-electron chi connectivity index (χ4n) is 2.82. The molecule has 0 aromatic heterocycles. The number of halogens is 1. The van der Waals surface area contributed by atoms with E-state index in [-0.39, 0.29) is 5.91 Å². The second kappa shape index (κ2) is 9.57. The molecule has 1 saturated heterocycles. The highest BCUT2D eigenvalue weighted by molar-refractivity contribution is 6.32. The number of amides is 1. The Morgan fingerprint density at radius 3 is 2.77 bits per heavy atom. The molecule has 5 nitrogen and oxygen atoms in total. The molecule has 6 heteroatoms. The molecule has 2 aromatic rings. The summed E-state index contributed by atoms with van der Waals surface area (Å²) in [6.07, 6.45) is 0. The number of carbonyl (C=O) groups excluding carboxylic acids is 1. The Morgan fingerprint density at radius 2 is 1.96 bits per heavy atom. The van der Waals surface area contributed by atoms with Crippen molar-refractivity contribution in [3.8, 4) is 5.75 Å². The molecule has 1 amide bonds. The van der Waals surface area contributed by atoms with Crippen LogP contribution in [0.3, 0.4) is 0 Å². The summed E-state index contributed by atoms with van der Waals surface area (Å²) in [5.41, 5.74) is 1.79. The topological polar surface area (TPSA) is 50.8 Å². The van der Waals surface area contributed by atoms with Crippen LogP contribution in [0, 0.1) is 0 Å². The minimum atomic E-state index is -0.100. The van der Waals surface area contributed by atoms with Crippen LogP contribution in [0.15, 0.2) is 48.5 Å². The molecule has 0 spiro atoms. The molecule has 0 unspecified atom stereocenters. The average Bonchev–Trinajstić information content (AvgIpc) is 2.67. The summed E-state index contributed by atoms with van der Waals surface area (Å²) in [6, 6.07) is 15.0. The van der Waals surface area contributed by atoms with Crippen LogP contribution in [0.1, 0.15) is 15.9 Å². The molecule has 0 saturated carbocycles. The zero-order valence-corrected chi connectivity index (χ0v) is 15.4. The van der Waals surface area contributed by atoms with Gasteiger partial charge in [0, 0.05) is 25.2 Å². The van der Waals surface area contributed by atoms with Gasteiger partial charge in [-0.25, -0.2) is 0 Å². The van der Waals surface area contributed by atoms with Crippen LogP contribution in [0.25, 0.3) is 0 Å². The number of nitrogens with zero attached hydrogens (tertiary/aromatic N) is 1. The van der Waals surface area contributed by atoms with E-state index in [2.05, 4.69) is 10.2 Å². The SMILES string of the molecule is O=C(NCCOc1ccccc1Cl)c1cccc(CN2CCOCC2)c1. The Hall–Kier alpha value is -2.08. The van der Waals surface area contributed by atoms with Crippen molar-refractivity contribution in [2.24, 2.45) is 0 Å².